The molecule has 0 radical (unpaired) electrons. The predicted molar refractivity (Wildman–Crippen MR) is 132 cm³/mol. The molecule has 190 valence electrons. The van der Waals surface area contributed by atoms with Crippen LogP contribution in [0.3, 0.4) is 0 Å². The minimum absolute atomic E-state index is 0.0264. The maximum absolute atomic E-state index is 13.5. The summed E-state index contributed by atoms with van der Waals surface area (Å²) in [4.78, 5) is 27.8. The van der Waals surface area contributed by atoms with E-state index in [0.717, 1.165) is 36.2 Å². The highest BCUT2D eigenvalue weighted by atomic mass is 32.2. The first kappa shape index (κ1) is 26.5. The van der Waals surface area contributed by atoms with Crippen molar-refractivity contribution in [2.45, 2.75) is 51.2 Å². The number of rotatable bonds is 10. The molecule has 0 bridgehead atoms. The van der Waals surface area contributed by atoms with Gasteiger partial charge in [0.05, 0.1) is 19.1 Å². The number of hydrogen-bond donors (Lipinski definition) is 1. The van der Waals surface area contributed by atoms with Crippen LogP contribution < -0.4 is 14.4 Å². The molecule has 1 atom stereocenters. The molecule has 2 aromatic carbocycles. The van der Waals surface area contributed by atoms with Crippen LogP contribution in [0.25, 0.3) is 0 Å². The van der Waals surface area contributed by atoms with Gasteiger partial charge in [-0.2, -0.15) is 0 Å². The number of carbonyl (C=O) groups is 2. The highest BCUT2D eigenvalue weighted by Crippen LogP contribution is 2.23. The van der Waals surface area contributed by atoms with Crippen LogP contribution in [0, 0.1) is 5.82 Å². The average molecular weight is 506 g/mol. The van der Waals surface area contributed by atoms with E-state index in [1.165, 1.54) is 36.3 Å². The molecule has 0 saturated heterocycles. The number of sulfonamides is 1. The molecule has 0 aliphatic heterocycles. The van der Waals surface area contributed by atoms with Gasteiger partial charge < -0.3 is 15.0 Å². The van der Waals surface area contributed by atoms with Crippen molar-refractivity contribution in [3.63, 3.8) is 0 Å². The summed E-state index contributed by atoms with van der Waals surface area (Å²) in [7, 11) is -2.32. The third-order valence-corrected chi connectivity index (χ3v) is 7.32. The van der Waals surface area contributed by atoms with Crippen molar-refractivity contribution in [2.75, 3.05) is 24.2 Å². The van der Waals surface area contributed by atoms with Crippen LogP contribution in [0.1, 0.15) is 38.2 Å². The number of ether oxygens (including phenoxy) is 1. The monoisotopic (exact) mass is 505 g/mol. The van der Waals surface area contributed by atoms with Crippen LogP contribution in [0.4, 0.5) is 10.1 Å². The number of anilines is 1. The zero-order valence-corrected chi connectivity index (χ0v) is 21.1. The zero-order chi connectivity index (χ0) is 25.6. The first-order chi connectivity index (χ1) is 16.6. The van der Waals surface area contributed by atoms with Gasteiger partial charge in [-0.15, -0.1) is 0 Å². The van der Waals surface area contributed by atoms with Crippen molar-refractivity contribution in [3.8, 4) is 5.75 Å². The van der Waals surface area contributed by atoms with Gasteiger partial charge in [-0.3, -0.25) is 13.9 Å². The minimum Gasteiger partial charge on any atom is -0.497 e. The number of nitrogens with zero attached hydrogens (tertiary/aromatic N) is 2. The summed E-state index contributed by atoms with van der Waals surface area (Å²) in [6, 6.07) is 11.1. The fraction of sp³-hybridized carbons (Fsp3) is 0.440. The van der Waals surface area contributed by atoms with Crippen molar-refractivity contribution in [1.29, 1.82) is 0 Å². The number of benzene rings is 2. The number of nitrogens with one attached hydrogen (secondary N) is 1. The predicted octanol–water partition coefficient (Wildman–Crippen LogP) is 3.08. The Balaban J connectivity index is 1.86. The molecule has 10 heteroatoms. The van der Waals surface area contributed by atoms with Crippen LogP contribution in [0.15, 0.2) is 48.5 Å². The second-order valence-corrected chi connectivity index (χ2v) is 10.7. The van der Waals surface area contributed by atoms with Gasteiger partial charge in [-0.05, 0) is 61.7 Å². The minimum atomic E-state index is -3.81. The van der Waals surface area contributed by atoms with Crippen LogP contribution in [0.2, 0.25) is 0 Å². The Labute approximate surface area is 206 Å². The molecule has 2 aromatic rings. The summed E-state index contributed by atoms with van der Waals surface area (Å²) in [6.07, 6.45) is 4.89. The molecule has 8 nitrogen and oxygen atoms in total. The Kier molecular flexibility index (Phi) is 8.71. The van der Waals surface area contributed by atoms with Crippen molar-refractivity contribution in [2.24, 2.45) is 0 Å². The standard InChI is InChI=1S/C25H32FN3O5S/c1-18(25(31)27-21-6-4-5-7-21)28(16-19-8-10-20(26)11-9-19)24(30)17-29(35(3,32)33)22-12-14-23(34-2)15-13-22/h8-15,18,21H,4-7,16-17H2,1-3H3,(H,27,31). The van der Waals surface area contributed by atoms with E-state index in [0.29, 0.717) is 17.0 Å². The van der Waals surface area contributed by atoms with Crippen LogP contribution in [-0.4, -0.2) is 57.1 Å². The topological polar surface area (TPSA) is 96.0 Å². The van der Waals surface area contributed by atoms with Gasteiger partial charge in [0.1, 0.15) is 24.2 Å². The van der Waals surface area contributed by atoms with E-state index >= 15 is 0 Å². The number of carbonyl (C=O) groups excluding carboxylic acids is 2. The van der Waals surface area contributed by atoms with Gasteiger partial charge in [0.25, 0.3) is 0 Å². The molecule has 1 unspecified atom stereocenters. The third kappa shape index (κ3) is 7.17. The van der Waals surface area contributed by atoms with E-state index < -0.39 is 34.3 Å². The van der Waals surface area contributed by atoms with E-state index in [4.69, 9.17) is 4.74 Å². The Bertz CT molecular complexity index is 1120. The zero-order valence-electron chi connectivity index (χ0n) is 20.2. The molecular weight excluding hydrogens is 473 g/mol. The SMILES string of the molecule is COc1ccc(N(CC(=O)N(Cc2ccc(F)cc2)C(C)C(=O)NC2CCCC2)S(C)(=O)=O)cc1. The largest absolute Gasteiger partial charge is 0.497 e. The van der Waals surface area contributed by atoms with E-state index in [9.17, 15) is 22.4 Å². The summed E-state index contributed by atoms with van der Waals surface area (Å²) in [5.41, 5.74) is 0.919. The highest BCUT2D eigenvalue weighted by molar-refractivity contribution is 7.92. The molecule has 1 aliphatic rings. The lowest BCUT2D eigenvalue weighted by atomic mass is 10.1. The van der Waals surface area contributed by atoms with Gasteiger partial charge in [-0.1, -0.05) is 25.0 Å². The van der Waals surface area contributed by atoms with Crippen molar-refractivity contribution < 1.29 is 27.1 Å². The molecular formula is C25H32FN3O5S. The maximum Gasteiger partial charge on any atom is 0.244 e. The van der Waals surface area contributed by atoms with Gasteiger partial charge in [0, 0.05) is 12.6 Å². The normalized spacial score (nSPS) is 14.9. The van der Waals surface area contributed by atoms with E-state index in [-0.39, 0.29) is 18.5 Å². The highest BCUT2D eigenvalue weighted by Gasteiger charge is 2.31. The van der Waals surface area contributed by atoms with Crippen molar-refractivity contribution in [1.82, 2.24) is 10.2 Å². The summed E-state index contributed by atoms with van der Waals surface area (Å²) in [6.45, 7) is 1.15. The second kappa shape index (κ2) is 11.5. The Morgan fingerprint density at radius 2 is 1.69 bits per heavy atom. The van der Waals surface area contributed by atoms with Crippen molar-refractivity contribution in [3.05, 3.63) is 59.9 Å². The molecule has 3 rings (SSSR count). The molecule has 2 amide bonds. The fourth-order valence-electron chi connectivity index (χ4n) is 4.12. The smallest absolute Gasteiger partial charge is 0.244 e. The molecule has 1 saturated carbocycles. The number of halogens is 1. The molecule has 0 aromatic heterocycles. The summed E-state index contributed by atoms with van der Waals surface area (Å²) in [5.74, 6) is -0.725. The van der Waals surface area contributed by atoms with Gasteiger partial charge in [0.2, 0.25) is 21.8 Å². The first-order valence-corrected chi connectivity index (χ1v) is 13.4. The van der Waals surface area contributed by atoms with E-state index in [1.54, 1.807) is 31.2 Å². The lowest BCUT2D eigenvalue weighted by Gasteiger charge is -2.32. The lowest BCUT2D eigenvalue weighted by molar-refractivity contribution is -0.139. The van der Waals surface area contributed by atoms with Crippen LogP contribution >= 0.6 is 0 Å². The van der Waals surface area contributed by atoms with E-state index in [1.807, 2.05) is 0 Å². The number of methoxy groups -OCH3 is 1. The molecule has 1 N–H and O–H groups in total. The average Bonchev–Trinajstić information content (AvgIpc) is 3.34. The molecule has 0 heterocycles. The number of hydrogen-bond acceptors (Lipinski definition) is 5. The Morgan fingerprint density at radius 1 is 1.09 bits per heavy atom. The van der Waals surface area contributed by atoms with Gasteiger partial charge in [0.15, 0.2) is 0 Å². The molecule has 35 heavy (non-hydrogen) atoms. The van der Waals surface area contributed by atoms with Gasteiger partial charge >= 0.3 is 0 Å². The van der Waals surface area contributed by atoms with E-state index in [2.05, 4.69) is 5.32 Å². The van der Waals surface area contributed by atoms with Crippen LogP contribution in [-0.2, 0) is 26.2 Å². The Morgan fingerprint density at radius 3 is 2.23 bits per heavy atom. The second-order valence-electron chi connectivity index (χ2n) is 8.78. The Hall–Kier alpha value is -3.14. The lowest BCUT2D eigenvalue weighted by Crippen LogP contribution is -2.52. The molecule has 1 fully saturated rings. The third-order valence-electron chi connectivity index (χ3n) is 6.17. The van der Waals surface area contributed by atoms with Crippen molar-refractivity contribution >= 4 is 27.5 Å². The molecule has 1 aliphatic carbocycles. The first-order valence-electron chi connectivity index (χ1n) is 11.5. The quantitative estimate of drug-likeness (QED) is 0.535. The number of amides is 2. The summed E-state index contributed by atoms with van der Waals surface area (Å²) < 4.78 is 44.7. The summed E-state index contributed by atoms with van der Waals surface area (Å²) in [5, 5.41) is 3.00. The van der Waals surface area contributed by atoms with Crippen LogP contribution in [0.5, 0.6) is 5.75 Å². The summed E-state index contributed by atoms with van der Waals surface area (Å²) >= 11 is 0. The maximum atomic E-state index is 13.5. The van der Waals surface area contributed by atoms with Gasteiger partial charge in [-0.25, -0.2) is 12.8 Å². The molecule has 0 spiro atoms. The fourth-order valence-corrected chi connectivity index (χ4v) is 4.97.